The highest BCUT2D eigenvalue weighted by Gasteiger charge is 2.10. The molecular formula is C15H15N5O2S. The van der Waals surface area contributed by atoms with Crippen LogP contribution in [0, 0.1) is 13.8 Å². The zero-order valence-electron chi connectivity index (χ0n) is 12.7. The van der Waals surface area contributed by atoms with Crippen LogP contribution >= 0.6 is 11.3 Å². The summed E-state index contributed by atoms with van der Waals surface area (Å²) in [5.41, 5.74) is 2.28. The van der Waals surface area contributed by atoms with Gasteiger partial charge in [0.05, 0.1) is 11.4 Å². The van der Waals surface area contributed by atoms with E-state index in [0.717, 1.165) is 10.4 Å². The Bertz CT molecular complexity index is 827. The summed E-state index contributed by atoms with van der Waals surface area (Å²) in [4.78, 5) is 21.1. The Morgan fingerprint density at radius 2 is 2.13 bits per heavy atom. The lowest BCUT2D eigenvalue weighted by atomic mass is 10.1. The molecule has 118 valence electrons. The molecule has 0 unspecified atom stereocenters. The zero-order chi connectivity index (χ0) is 16.2. The molecule has 0 atom stereocenters. The van der Waals surface area contributed by atoms with Gasteiger partial charge in [0, 0.05) is 13.1 Å². The average Bonchev–Trinajstić information content (AvgIpc) is 3.15. The van der Waals surface area contributed by atoms with Gasteiger partial charge in [0.1, 0.15) is 0 Å². The summed E-state index contributed by atoms with van der Waals surface area (Å²) >= 11 is 1.42. The molecule has 0 aliphatic carbocycles. The fraction of sp³-hybridized carbons (Fsp3) is 0.200. The molecule has 0 fully saturated rings. The summed E-state index contributed by atoms with van der Waals surface area (Å²) in [6.45, 7) is 3.93. The third-order valence-electron chi connectivity index (χ3n) is 3.11. The Hall–Kier alpha value is -2.74. The molecule has 0 saturated heterocycles. The number of aryl methyl sites for hydroxylation is 2. The Labute approximate surface area is 136 Å². The van der Waals surface area contributed by atoms with Gasteiger partial charge in [-0.15, -0.1) is 0 Å². The van der Waals surface area contributed by atoms with E-state index in [-0.39, 0.29) is 12.6 Å². The molecule has 3 aromatic rings. The second kappa shape index (κ2) is 6.57. The van der Waals surface area contributed by atoms with Gasteiger partial charge in [-0.05, 0) is 18.1 Å². The average molecular weight is 329 g/mol. The molecule has 0 radical (unpaired) electrons. The number of thiazole rings is 1. The fourth-order valence-electron chi connectivity index (χ4n) is 2.02. The van der Waals surface area contributed by atoms with E-state index in [9.17, 15) is 4.79 Å². The molecule has 0 spiro atoms. The van der Waals surface area contributed by atoms with Crippen molar-refractivity contribution in [2.24, 2.45) is 0 Å². The van der Waals surface area contributed by atoms with Crippen LogP contribution in [0.5, 0.6) is 0 Å². The molecule has 2 amide bonds. The number of urea groups is 1. The fourth-order valence-corrected chi connectivity index (χ4v) is 2.92. The largest absolute Gasteiger partial charge is 0.340 e. The number of carbonyl (C=O) groups excluding carboxylic acids is 1. The smallest absolute Gasteiger partial charge is 0.321 e. The van der Waals surface area contributed by atoms with Crippen LogP contribution in [0.2, 0.25) is 0 Å². The maximum Gasteiger partial charge on any atom is 0.321 e. The summed E-state index contributed by atoms with van der Waals surface area (Å²) in [5.74, 6) is 0.891. The van der Waals surface area contributed by atoms with Gasteiger partial charge in [0.25, 0.3) is 0 Å². The van der Waals surface area contributed by atoms with E-state index in [0.29, 0.717) is 16.8 Å². The van der Waals surface area contributed by atoms with Gasteiger partial charge in [-0.1, -0.05) is 40.8 Å². The standard InChI is InChI=1S/C15H15N5O2S/c1-9-5-3-4-6-11(9)12-7-17-15(23-12)19-14(21)16-8-13-18-10(2)22-20-13/h3-7H,8H2,1-2H3,(H2,16,17,19,21). The molecule has 0 aliphatic heterocycles. The van der Waals surface area contributed by atoms with E-state index in [1.54, 1.807) is 13.1 Å². The minimum atomic E-state index is -0.363. The number of nitrogens with zero attached hydrogens (tertiary/aromatic N) is 3. The van der Waals surface area contributed by atoms with E-state index in [2.05, 4.69) is 25.8 Å². The number of aromatic nitrogens is 3. The minimum Gasteiger partial charge on any atom is -0.340 e. The lowest BCUT2D eigenvalue weighted by Crippen LogP contribution is -2.28. The number of anilines is 1. The van der Waals surface area contributed by atoms with Gasteiger partial charge in [0.15, 0.2) is 11.0 Å². The second-order valence-electron chi connectivity index (χ2n) is 4.88. The van der Waals surface area contributed by atoms with Gasteiger partial charge in [-0.2, -0.15) is 4.98 Å². The maximum absolute atomic E-state index is 11.9. The molecule has 0 bridgehead atoms. The Balaban J connectivity index is 1.60. The SMILES string of the molecule is Cc1nc(CNC(=O)Nc2ncc(-c3ccccc3C)s2)no1. The third-order valence-corrected chi connectivity index (χ3v) is 4.06. The first-order valence-corrected chi connectivity index (χ1v) is 7.79. The van der Waals surface area contributed by atoms with Crippen LogP contribution in [-0.2, 0) is 6.54 Å². The third kappa shape index (κ3) is 3.72. The molecule has 0 aliphatic rings. The lowest BCUT2D eigenvalue weighted by molar-refractivity contribution is 0.251. The molecule has 3 rings (SSSR count). The van der Waals surface area contributed by atoms with Crippen molar-refractivity contribution < 1.29 is 9.32 Å². The first-order valence-electron chi connectivity index (χ1n) is 6.97. The highest BCUT2D eigenvalue weighted by molar-refractivity contribution is 7.19. The number of hydrogen-bond acceptors (Lipinski definition) is 6. The van der Waals surface area contributed by atoms with Crippen molar-refractivity contribution in [2.45, 2.75) is 20.4 Å². The highest BCUT2D eigenvalue weighted by Crippen LogP contribution is 2.30. The summed E-state index contributed by atoms with van der Waals surface area (Å²) in [6, 6.07) is 7.69. The normalized spacial score (nSPS) is 10.5. The predicted octanol–water partition coefficient (Wildman–Crippen LogP) is 3.13. The van der Waals surface area contributed by atoms with E-state index in [1.807, 2.05) is 31.2 Å². The second-order valence-corrected chi connectivity index (χ2v) is 5.91. The van der Waals surface area contributed by atoms with Crippen LogP contribution in [0.1, 0.15) is 17.3 Å². The van der Waals surface area contributed by atoms with Crippen molar-refractivity contribution in [1.29, 1.82) is 0 Å². The van der Waals surface area contributed by atoms with Crippen LogP contribution in [0.25, 0.3) is 10.4 Å². The topological polar surface area (TPSA) is 92.9 Å². The van der Waals surface area contributed by atoms with E-state index < -0.39 is 0 Å². The number of carbonyl (C=O) groups is 1. The Morgan fingerprint density at radius 1 is 1.30 bits per heavy atom. The maximum atomic E-state index is 11.9. The van der Waals surface area contributed by atoms with Crippen molar-refractivity contribution in [3.63, 3.8) is 0 Å². The van der Waals surface area contributed by atoms with E-state index in [1.165, 1.54) is 16.9 Å². The molecule has 23 heavy (non-hydrogen) atoms. The Morgan fingerprint density at radius 3 is 2.87 bits per heavy atom. The van der Waals surface area contributed by atoms with Crippen LogP contribution < -0.4 is 10.6 Å². The van der Waals surface area contributed by atoms with Gasteiger partial charge in [0.2, 0.25) is 5.89 Å². The molecule has 7 nitrogen and oxygen atoms in total. The summed E-state index contributed by atoms with van der Waals surface area (Å²) in [7, 11) is 0. The number of rotatable bonds is 4. The van der Waals surface area contributed by atoms with Crippen LogP contribution in [0.3, 0.4) is 0 Å². The predicted molar refractivity (Wildman–Crippen MR) is 87.2 cm³/mol. The van der Waals surface area contributed by atoms with Crippen molar-refractivity contribution >= 4 is 22.5 Å². The summed E-state index contributed by atoms with van der Waals surface area (Å²) in [5, 5.41) is 9.59. The first-order chi connectivity index (χ1) is 11.1. The van der Waals surface area contributed by atoms with Gasteiger partial charge < -0.3 is 9.84 Å². The minimum absolute atomic E-state index is 0.194. The van der Waals surface area contributed by atoms with Gasteiger partial charge >= 0.3 is 6.03 Å². The zero-order valence-corrected chi connectivity index (χ0v) is 13.5. The number of nitrogens with one attached hydrogen (secondary N) is 2. The summed E-state index contributed by atoms with van der Waals surface area (Å²) < 4.78 is 4.84. The van der Waals surface area contributed by atoms with Crippen LogP contribution in [-0.4, -0.2) is 21.2 Å². The Kier molecular flexibility index (Phi) is 4.33. The van der Waals surface area contributed by atoms with Crippen molar-refractivity contribution in [2.75, 3.05) is 5.32 Å². The van der Waals surface area contributed by atoms with Gasteiger partial charge in [-0.3, -0.25) is 5.32 Å². The molecular weight excluding hydrogens is 314 g/mol. The molecule has 2 N–H and O–H groups in total. The lowest BCUT2D eigenvalue weighted by Gasteiger charge is -2.02. The molecule has 1 aromatic carbocycles. The van der Waals surface area contributed by atoms with Crippen molar-refractivity contribution in [3.05, 3.63) is 47.7 Å². The van der Waals surface area contributed by atoms with Crippen LogP contribution in [0.15, 0.2) is 35.0 Å². The highest BCUT2D eigenvalue weighted by atomic mass is 32.1. The molecule has 8 heteroatoms. The van der Waals surface area contributed by atoms with Gasteiger partial charge in [-0.25, -0.2) is 9.78 Å². The van der Waals surface area contributed by atoms with E-state index >= 15 is 0 Å². The molecule has 2 heterocycles. The molecule has 2 aromatic heterocycles. The monoisotopic (exact) mass is 329 g/mol. The van der Waals surface area contributed by atoms with Crippen molar-refractivity contribution in [1.82, 2.24) is 20.4 Å². The summed E-state index contributed by atoms with van der Waals surface area (Å²) in [6.07, 6.45) is 1.76. The number of benzene rings is 1. The number of amides is 2. The number of hydrogen-bond donors (Lipinski definition) is 2. The first kappa shape index (κ1) is 15.2. The molecule has 0 saturated carbocycles. The van der Waals surface area contributed by atoms with E-state index in [4.69, 9.17) is 4.52 Å². The van der Waals surface area contributed by atoms with Crippen LogP contribution in [0.4, 0.5) is 9.93 Å². The van der Waals surface area contributed by atoms with Crippen molar-refractivity contribution in [3.8, 4) is 10.4 Å². The quantitative estimate of drug-likeness (QED) is 0.767.